The molecule has 1 fully saturated rings. The first-order valence-corrected chi connectivity index (χ1v) is 14.1. The van der Waals surface area contributed by atoms with E-state index in [9.17, 15) is 24.9 Å². The van der Waals surface area contributed by atoms with Gasteiger partial charge in [-0.1, -0.05) is 37.5 Å². The lowest BCUT2D eigenvalue weighted by atomic mass is 9.67. The van der Waals surface area contributed by atoms with Crippen LogP contribution in [0.25, 0.3) is 6.08 Å². The summed E-state index contributed by atoms with van der Waals surface area (Å²) in [7, 11) is 0. The van der Waals surface area contributed by atoms with Gasteiger partial charge in [-0.25, -0.2) is 0 Å². The Hall–Kier alpha value is -2.52. The number of carbonyl (C=O) groups excluding carboxylic acids is 2. The highest BCUT2D eigenvalue weighted by molar-refractivity contribution is 7.09. The Morgan fingerprint density at radius 2 is 2.00 bits per heavy atom. The minimum absolute atomic E-state index is 0.152. The van der Waals surface area contributed by atoms with Crippen molar-refractivity contribution in [2.45, 2.75) is 71.6 Å². The standard InChI is InChI=1S/C29H37NO6S/c1-3-6-18(13-20-9-10-21(16-31)36-20)8-11-25(33)26-19(4-2)14-23-27(24(26)17-32)29(35)30(28(23)34)15-22-7-5-12-37-22/h5,7,9-10,12-13,23-25,27,31-33H,3-4,6,8,11,14-17H2,1-2H3/b18-13+/t23-,24+,25-,27-/m1/s1. The molecule has 4 rings (SSSR count). The van der Waals surface area contributed by atoms with Crippen molar-refractivity contribution >= 4 is 29.2 Å². The Bertz CT molecular complexity index is 1150. The van der Waals surface area contributed by atoms with Crippen LogP contribution in [0.2, 0.25) is 0 Å². The molecule has 200 valence electrons. The van der Waals surface area contributed by atoms with Crippen molar-refractivity contribution in [3.05, 3.63) is 62.8 Å². The van der Waals surface area contributed by atoms with Gasteiger partial charge in [-0.2, -0.15) is 0 Å². The van der Waals surface area contributed by atoms with E-state index in [2.05, 4.69) is 6.92 Å². The Balaban J connectivity index is 1.53. The SMILES string of the molecule is CCC/C(=C\c1ccc(CO)o1)CC[C@@H](O)C1=C(CC)C[C@H]2C(=O)N(Cc3cccs3)C(=O)[C@H]2[C@H]1CO. The molecule has 1 aliphatic carbocycles. The van der Waals surface area contributed by atoms with Crippen LogP contribution in [0, 0.1) is 17.8 Å². The second kappa shape index (κ2) is 12.3. The minimum atomic E-state index is -0.813. The number of aliphatic hydroxyl groups is 3. The normalized spacial score (nSPS) is 23.2. The summed E-state index contributed by atoms with van der Waals surface area (Å²) in [6.07, 6.45) is 5.13. The average molecular weight is 528 g/mol. The molecule has 8 heteroatoms. The maximum atomic E-state index is 13.4. The quantitative estimate of drug-likeness (QED) is 0.273. The van der Waals surface area contributed by atoms with Crippen molar-refractivity contribution in [2.75, 3.05) is 6.61 Å². The lowest BCUT2D eigenvalue weighted by Crippen LogP contribution is -2.39. The fourth-order valence-corrected chi connectivity index (χ4v) is 6.60. The molecule has 1 aliphatic heterocycles. The maximum absolute atomic E-state index is 13.4. The van der Waals surface area contributed by atoms with Crippen molar-refractivity contribution in [3.63, 3.8) is 0 Å². The van der Waals surface area contributed by atoms with Crippen molar-refractivity contribution in [3.8, 4) is 0 Å². The summed E-state index contributed by atoms with van der Waals surface area (Å²) >= 11 is 1.51. The number of amides is 2. The second-order valence-electron chi connectivity index (χ2n) is 9.95. The number of fused-ring (bicyclic) bond motifs is 1. The van der Waals surface area contributed by atoms with Gasteiger partial charge in [0.05, 0.1) is 31.1 Å². The molecule has 1 saturated heterocycles. The van der Waals surface area contributed by atoms with Crippen molar-refractivity contribution in [2.24, 2.45) is 17.8 Å². The number of hydrogen-bond donors (Lipinski definition) is 3. The highest BCUT2D eigenvalue weighted by Gasteiger charge is 2.54. The number of hydrogen-bond acceptors (Lipinski definition) is 7. The molecule has 0 aromatic carbocycles. The summed E-state index contributed by atoms with van der Waals surface area (Å²) in [6, 6.07) is 7.38. The average Bonchev–Trinajstić information content (AvgIpc) is 3.64. The molecular weight excluding hydrogens is 490 g/mol. The number of carbonyl (C=O) groups is 2. The number of furan rings is 1. The first-order valence-electron chi connectivity index (χ1n) is 13.2. The number of thiophene rings is 1. The van der Waals surface area contributed by atoms with Gasteiger partial charge < -0.3 is 19.7 Å². The summed E-state index contributed by atoms with van der Waals surface area (Å²) in [6.45, 7) is 3.92. The third kappa shape index (κ3) is 5.82. The highest BCUT2D eigenvalue weighted by Crippen LogP contribution is 2.47. The van der Waals surface area contributed by atoms with Gasteiger partial charge in [0.2, 0.25) is 11.8 Å². The van der Waals surface area contributed by atoms with Crippen LogP contribution in [0.4, 0.5) is 0 Å². The Kier molecular flexibility index (Phi) is 9.18. The molecule has 0 spiro atoms. The van der Waals surface area contributed by atoms with Crippen LogP contribution >= 0.6 is 11.3 Å². The number of nitrogens with zero attached hydrogens (tertiary/aromatic N) is 1. The molecule has 0 radical (unpaired) electrons. The van der Waals surface area contributed by atoms with Crippen molar-refractivity contribution < 1.29 is 29.3 Å². The summed E-state index contributed by atoms with van der Waals surface area (Å²) < 4.78 is 5.61. The second-order valence-corrected chi connectivity index (χ2v) is 11.0. The molecule has 0 bridgehead atoms. The van der Waals surface area contributed by atoms with Crippen LogP contribution in [0.3, 0.4) is 0 Å². The molecule has 0 unspecified atom stereocenters. The number of rotatable bonds is 12. The zero-order valence-corrected chi connectivity index (χ0v) is 22.4. The predicted molar refractivity (Wildman–Crippen MR) is 142 cm³/mol. The van der Waals surface area contributed by atoms with E-state index in [1.807, 2.05) is 36.6 Å². The van der Waals surface area contributed by atoms with Gasteiger partial charge in [-0.15, -0.1) is 11.3 Å². The largest absolute Gasteiger partial charge is 0.459 e. The zero-order chi connectivity index (χ0) is 26.5. The number of aliphatic hydroxyl groups excluding tert-OH is 3. The van der Waals surface area contributed by atoms with Gasteiger partial charge in [-0.05, 0) is 67.3 Å². The minimum Gasteiger partial charge on any atom is -0.459 e. The molecule has 37 heavy (non-hydrogen) atoms. The van der Waals surface area contributed by atoms with Gasteiger partial charge >= 0.3 is 0 Å². The number of likely N-dealkylation sites (tertiary alicyclic amines) is 1. The monoisotopic (exact) mass is 527 g/mol. The Labute approximate surface area is 222 Å². The van der Waals surface area contributed by atoms with Crippen LogP contribution in [-0.4, -0.2) is 44.7 Å². The Morgan fingerprint density at radius 1 is 1.19 bits per heavy atom. The van der Waals surface area contributed by atoms with Crippen LogP contribution in [-0.2, 0) is 22.7 Å². The molecule has 7 nitrogen and oxygen atoms in total. The number of allylic oxidation sites excluding steroid dienone is 2. The topological polar surface area (TPSA) is 111 Å². The first kappa shape index (κ1) is 27.5. The van der Waals surface area contributed by atoms with Crippen LogP contribution < -0.4 is 0 Å². The summed E-state index contributed by atoms with van der Waals surface area (Å²) in [5.41, 5.74) is 2.84. The molecule has 0 saturated carbocycles. The molecule has 2 amide bonds. The van der Waals surface area contributed by atoms with Gasteiger partial charge in [-0.3, -0.25) is 14.5 Å². The fraction of sp³-hybridized carbons (Fsp3) is 0.517. The lowest BCUT2D eigenvalue weighted by Gasteiger charge is -2.36. The van der Waals surface area contributed by atoms with E-state index in [0.29, 0.717) is 37.2 Å². The molecule has 3 N–H and O–H groups in total. The van der Waals surface area contributed by atoms with Gasteiger partial charge in [0.15, 0.2) is 0 Å². The van der Waals surface area contributed by atoms with E-state index in [-0.39, 0.29) is 31.6 Å². The highest BCUT2D eigenvalue weighted by atomic mass is 32.1. The first-order chi connectivity index (χ1) is 17.9. The molecule has 2 aromatic rings. The molecule has 3 heterocycles. The van der Waals surface area contributed by atoms with Gasteiger partial charge in [0.1, 0.15) is 18.1 Å². The summed E-state index contributed by atoms with van der Waals surface area (Å²) in [5, 5.41) is 33.0. The zero-order valence-electron chi connectivity index (χ0n) is 21.6. The molecule has 2 aliphatic rings. The molecular formula is C29H37NO6S. The molecule has 4 atom stereocenters. The van der Waals surface area contributed by atoms with Crippen LogP contribution in [0.5, 0.6) is 0 Å². The van der Waals surface area contributed by atoms with E-state index >= 15 is 0 Å². The van der Waals surface area contributed by atoms with Crippen LogP contribution in [0.1, 0.15) is 68.8 Å². The summed E-state index contributed by atoms with van der Waals surface area (Å²) in [4.78, 5) is 29.0. The van der Waals surface area contributed by atoms with Crippen molar-refractivity contribution in [1.29, 1.82) is 0 Å². The van der Waals surface area contributed by atoms with E-state index < -0.39 is 23.9 Å². The Morgan fingerprint density at radius 3 is 2.62 bits per heavy atom. The van der Waals surface area contributed by atoms with Gasteiger partial charge in [0, 0.05) is 10.8 Å². The third-order valence-corrected chi connectivity index (χ3v) is 8.51. The smallest absolute Gasteiger partial charge is 0.234 e. The van der Waals surface area contributed by atoms with Crippen LogP contribution in [0.15, 0.2) is 50.8 Å². The van der Waals surface area contributed by atoms with E-state index in [1.165, 1.54) is 16.2 Å². The van der Waals surface area contributed by atoms with E-state index in [4.69, 9.17) is 4.42 Å². The van der Waals surface area contributed by atoms with E-state index in [1.54, 1.807) is 6.07 Å². The third-order valence-electron chi connectivity index (χ3n) is 7.65. The van der Waals surface area contributed by atoms with Gasteiger partial charge in [0.25, 0.3) is 0 Å². The summed E-state index contributed by atoms with van der Waals surface area (Å²) in [5.74, 6) is -0.920. The lowest BCUT2D eigenvalue weighted by molar-refractivity contribution is -0.140. The fourth-order valence-electron chi connectivity index (χ4n) is 5.90. The molecule has 2 aromatic heterocycles. The van der Waals surface area contributed by atoms with Crippen molar-refractivity contribution in [1.82, 2.24) is 4.90 Å². The predicted octanol–water partition coefficient (Wildman–Crippen LogP) is 4.68. The van der Waals surface area contributed by atoms with E-state index in [0.717, 1.165) is 34.4 Å². The maximum Gasteiger partial charge on any atom is 0.234 e. The number of imide groups is 1.